The van der Waals surface area contributed by atoms with Crippen molar-refractivity contribution < 1.29 is 4.79 Å². The third-order valence-corrected chi connectivity index (χ3v) is 4.16. The Hall–Kier alpha value is -2.27. The molecule has 1 aromatic heterocycles. The molecule has 1 fully saturated rings. The second-order valence-electron chi connectivity index (χ2n) is 5.43. The Balaban J connectivity index is 1.48. The highest BCUT2D eigenvalue weighted by atomic mass is 35.5. The molecule has 1 saturated heterocycles. The Morgan fingerprint density at radius 1 is 1.09 bits per heavy atom. The van der Waals surface area contributed by atoms with Gasteiger partial charge in [0.1, 0.15) is 0 Å². The number of rotatable bonds is 3. The maximum Gasteiger partial charge on any atom is 0.317 e. The number of hydrogen-bond acceptors (Lipinski definition) is 3. The van der Waals surface area contributed by atoms with Crippen LogP contribution in [0, 0.1) is 0 Å². The second kappa shape index (κ2) is 7.33. The molecule has 0 aliphatic carbocycles. The summed E-state index contributed by atoms with van der Waals surface area (Å²) < 4.78 is 0. The summed E-state index contributed by atoms with van der Waals surface area (Å²) in [5.74, 6) is 0. The number of benzene rings is 1. The number of amides is 2. The van der Waals surface area contributed by atoms with E-state index in [2.05, 4.69) is 15.2 Å². The molecule has 5 nitrogen and oxygen atoms in total. The largest absolute Gasteiger partial charge is 0.368 e. The van der Waals surface area contributed by atoms with Crippen LogP contribution in [-0.4, -0.2) is 42.1 Å². The smallest absolute Gasteiger partial charge is 0.317 e. The Morgan fingerprint density at radius 3 is 2.48 bits per heavy atom. The van der Waals surface area contributed by atoms with E-state index in [1.165, 1.54) is 0 Å². The van der Waals surface area contributed by atoms with Crippen LogP contribution in [0.4, 0.5) is 10.5 Å². The minimum Gasteiger partial charge on any atom is -0.368 e. The molecule has 0 saturated carbocycles. The average Bonchev–Trinajstić information content (AvgIpc) is 2.61. The van der Waals surface area contributed by atoms with Crippen LogP contribution in [0.2, 0.25) is 5.02 Å². The molecule has 0 atom stereocenters. The van der Waals surface area contributed by atoms with Gasteiger partial charge in [-0.05, 0) is 36.4 Å². The van der Waals surface area contributed by atoms with E-state index >= 15 is 0 Å². The van der Waals surface area contributed by atoms with E-state index in [1.807, 2.05) is 47.4 Å². The van der Waals surface area contributed by atoms with E-state index in [0.717, 1.165) is 29.5 Å². The predicted molar refractivity (Wildman–Crippen MR) is 91.7 cm³/mol. The van der Waals surface area contributed by atoms with Gasteiger partial charge in [0.25, 0.3) is 0 Å². The molecule has 2 heterocycles. The first kappa shape index (κ1) is 15.6. The number of carbonyl (C=O) groups excluding carboxylic acids is 1. The molecule has 0 unspecified atom stereocenters. The van der Waals surface area contributed by atoms with Crippen molar-refractivity contribution in [1.82, 2.24) is 15.2 Å². The number of aromatic nitrogens is 1. The van der Waals surface area contributed by atoms with E-state index in [0.29, 0.717) is 19.6 Å². The lowest BCUT2D eigenvalue weighted by molar-refractivity contribution is 0.194. The number of anilines is 1. The highest BCUT2D eigenvalue weighted by molar-refractivity contribution is 6.30. The van der Waals surface area contributed by atoms with Gasteiger partial charge in [0.2, 0.25) is 0 Å². The molecule has 120 valence electrons. The molecule has 0 bridgehead atoms. The first-order valence-corrected chi connectivity index (χ1v) is 8.03. The van der Waals surface area contributed by atoms with Crippen molar-refractivity contribution in [3.63, 3.8) is 0 Å². The summed E-state index contributed by atoms with van der Waals surface area (Å²) in [6, 6.07) is 13.5. The number of pyridine rings is 1. The van der Waals surface area contributed by atoms with Crippen LogP contribution in [0.15, 0.2) is 48.7 Å². The molecule has 0 radical (unpaired) electrons. The maximum absolute atomic E-state index is 12.2. The fourth-order valence-electron chi connectivity index (χ4n) is 2.60. The number of hydrogen-bond donors (Lipinski definition) is 1. The molecule has 23 heavy (non-hydrogen) atoms. The van der Waals surface area contributed by atoms with Gasteiger partial charge in [-0.2, -0.15) is 0 Å². The quantitative estimate of drug-likeness (QED) is 0.941. The number of urea groups is 1. The summed E-state index contributed by atoms with van der Waals surface area (Å²) in [5.41, 5.74) is 2.00. The molecule has 2 aromatic rings. The number of piperazine rings is 1. The Morgan fingerprint density at radius 2 is 1.83 bits per heavy atom. The highest BCUT2D eigenvalue weighted by Crippen LogP contribution is 2.19. The van der Waals surface area contributed by atoms with Gasteiger partial charge in [0.05, 0.1) is 12.2 Å². The van der Waals surface area contributed by atoms with Crippen molar-refractivity contribution >= 4 is 23.3 Å². The first-order chi connectivity index (χ1) is 11.2. The molecule has 1 aliphatic heterocycles. The summed E-state index contributed by atoms with van der Waals surface area (Å²) in [5, 5.41) is 3.66. The fraction of sp³-hybridized carbons (Fsp3) is 0.294. The van der Waals surface area contributed by atoms with Gasteiger partial charge in [0, 0.05) is 43.1 Å². The van der Waals surface area contributed by atoms with Crippen LogP contribution < -0.4 is 10.2 Å². The van der Waals surface area contributed by atoms with Crippen molar-refractivity contribution in [2.24, 2.45) is 0 Å². The molecule has 1 aliphatic rings. The van der Waals surface area contributed by atoms with Gasteiger partial charge < -0.3 is 15.1 Å². The summed E-state index contributed by atoms with van der Waals surface area (Å²) in [4.78, 5) is 20.5. The second-order valence-corrected chi connectivity index (χ2v) is 5.87. The minimum atomic E-state index is -0.0357. The first-order valence-electron chi connectivity index (χ1n) is 7.65. The maximum atomic E-state index is 12.2. The Labute approximate surface area is 140 Å². The monoisotopic (exact) mass is 330 g/mol. The van der Waals surface area contributed by atoms with E-state index < -0.39 is 0 Å². The molecule has 0 spiro atoms. The average molecular weight is 331 g/mol. The van der Waals surface area contributed by atoms with Gasteiger partial charge >= 0.3 is 6.03 Å². The number of carbonyl (C=O) groups is 1. The summed E-state index contributed by atoms with van der Waals surface area (Å²) >= 11 is 5.92. The molecule has 1 N–H and O–H groups in total. The lowest BCUT2D eigenvalue weighted by Crippen LogP contribution is -2.51. The summed E-state index contributed by atoms with van der Waals surface area (Å²) in [7, 11) is 0. The zero-order valence-electron chi connectivity index (χ0n) is 12.8. The standard InChI is InChI=1S/C17H19ClN4O/c18-14-4-6-16(7-5-14)21-9-11-22(12-10-21)17(23)20-13-15-3-1-2-8-19-15/h1-8H,9-13H2,(H,20,23). The van der Waals surface area contributed by atoms with Gasteiger partial charge in [-0.1, -0.05) is 17.7 Å². The third kappa shape index (κ3) is 4.13. The Kier molecular flexibility index (Phi) is 4.98. The molecular weight excluding hydrogens is 312 g/mol. The normalized spacial score (nSPS) is 14.7. The third-order valence-electron chi connectivity index (χ3n) is 3.91. The topological polar surface area (TPSA) is 48.5 Å². The van der Waals surface area contributed by atoms with Crippen molar-refractivity contribution in [2.75, 3.05) is 31.1 Å². The SMILES string of the molecule is O=C(NCc1ccccn1)N1CCN(c2ccc(Cl)cc2)CC1. The number of halogens is 1. The van der Waals surface area contributed by atoms with Crippen LogP contribution in [0.25, 0.3) is 0 Å². The van der Waals surface area contributed by atoms with Crippen molar-refractivity contribution in [2.45, 2.75) is 6.54 Å². The summed E-state index contributed by atoms with van der Waals surface area (Å²) in [6.45, 7) is 3.50. The van der Waals surface area contributed by atoms with E-state index in [4.69, 9.17) is 11.6 Å². The van der Waals surface area contributed by atoms with Gasteiger partial charge in [0.15, 0.2) is 0 Å². The number of nitrogens with one attached hydrogen (secondary N) is 1. The van der Waals surface area contributed by atoms with Crippen molar-refractivity contribution in [3.8, 4) is 0 Å². The lowest BCUT2D eigenvalue weighted by Gasteiger charge is -2.36. The fourth-order valence-corrected chi connectivity index (χ4v) is 2.73. The van der Waals surface area contributed by atoms with E-state index in [-0.39, 0.29) is 6.03 Å². The number of nitrogens with zero attached hydrogens (tertiary/aromatic N) is 3. The van der Waals surface area contributed by atoms with Crippen molar-refractivity contribution in [3.05, 3.63) is 59.4 Å². The zero-order valence-corrected chi connectivity index (χ0v) is 13.5. The van der Waals surface area contributed by atoms with Gasteiger partial charge in [-0.15, -0.1) is 0 Å². The van der Waals surface area contributed by atoms with Crippen LogP contribution in [0.3, 0.4) is 0 Å². The highest BCUT2D eigenvalue weighted by Gasteiger charge is 2.21. The molecule has 2 amide bonds. The van der Waals surface area contributed by atoms with Crippen molar-refractivity contribution in [1.29, 1.82) is 0 Å². The molecule has 3 rings (SSSR count). The lowest BCUT2D eigenvalue weighted by atomic mass is 10.2. The predicted octanol–water partition coefficient (Wildman–Crippen LogP) is 2.77. The zero-order chi connectivity index (χ0) is 16.1. The molecule has 1 aromatic carbocycles. The van der Waals surface area contributed by atoms with Crippen LogP contribution in [0.1, 0.15) is 5.69 Å². The van der Waals surface area contributed by atoms with E-state index in [1.54, 1.807) is 6.20 Å². The van der Waals surface area contributed by atoms with Crippen LogP contribution >= 0.6 is 11.6 Å². The van der Waals surface area contributed by atoms with E-state index in [9.17, 15) is 4.79 Å². The molecular formula is C17H19ClN4O. The Bertz CT molecular complexity index is 639. The summed E-state index contributed by atoms with van der Waals surface area (Å²) in [6.07, 6.45) is 1.73. The van der Waals surface area contributed by atoms with Crippen LogP contribution in [0.5, 0.6) is 0 Å². The van der Waals surface area contributed by atoms with Crippen LogP contribution in [-0.2, 0) is 6.54 Å². The minimum absolute atomic E-state index is 0.0357. The van der Waals surface area contributed by atoms with Gasteiger partial charge in [-0.3, -0.25) is 4.98 Å². The molecule has 6 heteroatoms. The van der Waals surface area contributed by atoms with Gasteiger partial charge in [-0.25, -0.2) is 4.79 Å².